The van der Waals surface area contributed by atoms with Gasteiger partial charge in [0.2, 0.25) is 17.7 Å². The summed E-state index contributed by atoms with van der Waals surface area (Å²) in [6.45, 7) is 6.41. The second-order valence-corrected chi connectivity index (χ2v) is 11.8. The minimum Gasteiger partial charge on any atom is -0.347 e. The lowest BCUT2D eigenvalue weighted by molar-refractivity contribution is -0.135. The van der Waals surface area contributed by atoms with Crippen molar-refractivity contribution in [3.8, 4) is 0 Å². The van der Waals surface area contributed by atoms with E-state index in [1.54, 1.807) is 18.3 Å². The molecule has 3 heterocycles. The standard InChI is InChI=1S/C26H33N5O3.C6H13N/c1-3-26(9-12-31(2)13-10-26)25(34)28-17-23(32)29-21-8-7-18-14-20(15-19(18)16-21)24(33)30-22-6-4-5-11-27-22;1-7-5-3-2-4-6-7/h4-8,11,16,20H,3,9-10,12-15,17H2,1-2H3,(H,28,34)(H,29,32)(H,27,30,33);2-6H2,1H3/t20-;/m1./s1. The van der Waals surface area contributed by atoms with Crippen LogP contribution in [0.5, 0.6) is 0 Å². The van der Waals surface area contributed by atoms with E-state index in [-0.39, 0.29) is 35.6 Å². The topological polar surface area (TPSA) is 107 Å². The number of pyridine rings is 1. The Balaban J connectivity index is 0.000000483. The largest absolute Gasteiger partial charge is 0.347 e. The molecule has 1 aromatic carbocycles. The number of benzene rings is 1. The number of rotatable bonds is 7. The molecule has 0 unspecified atom stereocenters. The highest BCUT2D eigenvalue weighted by Crippen LogP contribution is 2.34. The zero-order chi connectivity index (χ0) is 29.2. The van der Waals surface area contributed by atoms with E-state index >= 15 is 0 Å². The van der Waals surface area contributed by atoms with E-state index in [4.69, 9.17) is 0 Å². The average Bonchev–Trinajstić information content (AvgIpc) is 3.42. The van der Waals surface area contributed by atoms with E-state index in [1.807, 2.05) is 31.2 Å². The lowest BCUT2D eigenvalue weighted by Crippen LogP contribution is -2.49. The van der Waals surface area contributed by atoms with Gasteiger partial charge in [-0.15, -0.1) is 0 Å². The smallest absolute Gasteiger partial charge is 0.243 e. The van der Waals surface area contributed by atoms with Crippen LogP contribution >= 0.6 is 0 Å². The molecule has 3 N–H and O–H groups in total. The third-order valence-electron chi connectivity index (χ3n) is 8.80. The van der Waals surface area contributed by atoms with Gasteiger partial charge in [-0.1, -0.05) is 25.5 Å². The van der Waals surface area contributed by atoms with Gasteiger partial charge >= 0.3 is 0 Å². The maximum atomic E-state index is 12.8. The average molecular weight is 563 g/mol. The molecule has 0 bridgehead atoms. The van der Waals surface area contributed by atoms with E-state index < -0.39 is 0 Å². The number of aromatic nitrogens is 1. The summed E-state index contributed by atoms with van der Waals surface area (Å²) in [6.07, 6.45) is 9.59. The number of hydrogen-bond acceptors (Lipinski definition) is 6. The summed E-state index contributed by atoms with van der Waals surface area (Å²) in [7, 11) is 4.26. The Labute approximate surface area is 244 Å². The van der Waals surface area contributed by atoms with Gasteiger partial charge < -0.3 is 25.8 Å². The van der Waals surface area contributed by atoms with Crippen molar-refractivity contribution >= 4 is 29.2 Å². The maximum Gasteiger partial charge on any atom is 0.243 e. The van der Waals surface area contributed by atoms with E-state index in [1.165, 1.54) is 32.4 Å². The number of anilines is 2. The molecule has 2 aliphatic heterocycles. The summed E-state index contributed by atoms with van der Waals surface area (Å²) >= 11 is 0. The summed E-state index contributed by atoms with van der Waals surface area (Å²) in [4.78, 5) is 46.8. The fourth-order valence-corrected chi connectivity index (χ4v) is 5.94. The van der Waals surface area contributed by atoms with Gasteiger partial charge in [0, 0.05) is 17.8 Å². The Morgan fingerprint density at radius 3 is 2.24 bits per heavy atom. The van der Waals surface area contributed by atoms with Crippen molar-refractivity contribution in [3.63, 3.8) is 0 Å². The van der Waals surface area contributed by atoms with Crippen LogP contribution in [-0.4, -0.2) is 79.3 Å². The predicted octanol–water partition coefficient (Wildman–Crippen LogP) is 3.71. The number of likely N-dealkylation sites (tertiary alicyclic amines) is 2. The van der Waals surface area contributed by atoms with Crippen LogP contribution in [0.3, 0.4) is 0 Å². The number of nitrogens with one attached hydrogen (secondary N) is 3. The second kappa shape index (κ2) is 14.5. The third kappa shape index (κ3) is 8.60. The molecule has 3 aliphatic rings. The molecule has 9 nitrogen and oxygen atoms in total. The van der Waals surface area contributed by atoms with Gasteiger partial charge in [0.15, 0.2) is 0 Å². The summed E-state index contributed by atoms with van der Waals surface area (Å²) in [5.41, 5.74) is 2.46. The molecule has 2 aromatic rings. The minimum absolute atomic E-state index is 0.0334. The highest BCUT2D eigenvalue weighted by molar-refractivity contribution is 5.96. The van der Waals surface area contributed by atoms with Crippen molar-refractivity contribution in [1.29, 1.82) is 0 Å². The number of fused-ring (bicyclic) bond motifs is 1. The van der Waals surface area contributed by atoms with E-state index in [9.17, 15) is 14.4 Å². The molecule has 1 atom stereocenters. The first-order valence-electron chi connectivity index (χ1n) is 15.1. The fourth-order valence-electron chi connectivity index (χ4n) is 5.94. The Bertz CT molecular complexity index is 1170. The molecule has 2 saturated heterocycles. The summed E-state index contributed by atoms with van der Waals surface area (Å²) in [6, 6.07) is 11.1. The van der Waals surface area contributed by atoms with Gasteiger partial charge in [0.1, 0.15) is 5.82 Å². The van der Waals surface area contributed by atoms with Crippen LogP contribution in [0.25, 0.3) is 0 Å². The molecule has 41 heavy (non-hydrogen) atoms. The molecular formula is C32H46N6O3. The molecule has 5 rings (SSSR count). The van der Waals surface area contributed by atoms with Crippen LogP contribution in [0.15, 0.2) is 42.6 Å². The van der Waals surface area contributed by atoms with Crippen molar-refractivity contribution in [2.75, 3.05) is 57.5 Å². The van der Waals surface area contributed by atoms with Gasteiger partial charge in [0.05, 0.1) is 12.0 Å². The second-order valence-electron chi connectivity index (χ2n) is 11.8. The van der Waals surface area contributed by atoms with Gasteiger partial charge in [-0.25, -0.2) is 4.98 Å². The summed E-state index contributed by atoms with van der Waals surface area (Å²) < 4.78 is 0. The van der Waals surface area contributed by atoms with Crippen molar-refractivity contribution in [3.05, 3.63) is 53.7 Å². The third-order valence-corrected chi connectivity index (χ3v) is 8.80. The normalized spacial score (nSPS) is 20.2. The Kier molecular flexibility index (Phi) is 10.9. The molecule has 222 valence electrons. The predicted molar refractivity (Wildman–Crippen MR) is 163 cm³/mol. The molecule has 1 aromatic heterocycles. The molecule has 3 amide bonds. The lowest BCUT2D eigenvalue weighted by Gasteiger charge is -2.38. The van der Waals surface area contributed by atoms with E-state index in [0.717, 1.165) is 43.5 Å². The monoisotopic (exact) mass is 562 g/mol. The number of amides is 3. The van der Waals surface area contributed by atoms with Crippen LogP contribution in [0.1, 0.15) is 56.6 Å². The Morgan fingerprint density at radius 2 is 1.61 bits per heavy atom. The fraction of sp³-hybridized carbons (Fsp3) is 0.562. The number of piperidine rings is 2. The zero-order valence-corrected chi connectivity index (χ0v) is 24.9. The highest BCUT2D eigenvalue weighted by atomic mass is 16.2. The van der Waals surface area contributed by atoms with Crippen LogP contribution < -0.4 is 16.0 Å². The summed E-state index contributed by atoms with van der Waals surface area (Å²) in [5, 5.41) is 8.59. The SMILES string of the molecule is CCC1(C(=O)NCC(=O)Nc2ccc3c(c2)C[C@H](C(=O)Nc2ccccn2)C3)CCN(C)CC1.CN1CCCCC1. The van der Waals surface area contributed by atoms with Gasteiger partial charge in [-0.3, -0.25) is 14.4 Å². The lowest BCUT2D eigenvalue weighted by atomic mass is 9.75. The van der Waals surface area contributed by atoms with Crippen LogP contribution in [-0.2, 0) is 27.2 Å². The van der Waals surface area contributed by atoms with Crippen LogP contribution in [0.4, 0.5) is 11.5 Å². The van der Waals surface area contributed by atoms with E-state index in [2.05, 4.69) is 44.8 Å². The van der Waals surface area contributed by atoms with Gasteiger partial charge in [-0.2, -0.15) is 0 Å². The first kappa shape index (κ1) is 30.7. The Morgan fingerprint density at radius 1 is 0.902 bits per heavy atom. The minimum atomic E-state index is -0.384. The molecule has 0 spiro atoms. The first-order chi connectivity index (χ1) is 19.8. The van der Waals surface area contributed by atoms with Gasteiger partial charge in [-0.05, 0) is 121 Å². The van der Waals surface area contributed by atoms with Crippen LogP contribution in [0, 0.1) is 11.3 Å². The van der Waals surface area contributed by atoms with Crippen molar-refractivity contribution in [2.24, 2.45) is 11.3 Å². The molecular weight excluding hydrogens is 516 g/mol. The number of carbonyl (C=O) groups excluding carboxylic acids is 3. The molecule has 9 heteroatoms. The van der Waals surface area contributed by atoms with Gasteiger partial charge in [0.25, 0.3) is 0 Å². The van der Waals surface area contributed by atoms with Crippen LogP contribution in [0.2, 0.25) is 0 Å². The van der Waals surface area contributed by atoms with Crippen molar-refractivity contribution < 1.29 is 14.4 Å². The highest BCUT2D eigenvalue weighted by Gasteiger charge is 2.39. The molecule has 0 saturated carbocycles. The van der Waals surface area contributed by atoms with Crippen molar-refractivity contribution in [2.45, 2.75) is 58.3 Å². The number of carbonyl (C=O) groups is 3. The quantitative estimate of drug-likeness (QED) is 0.475. The molecule has 0 radical (unpaired) electrons. The molecule has 1 aliphatic carbocycles. The zero-order valence-electron chi connectivity index (χ0n) is 24.9. The maximum absolute atomic E-state index is 12.8. The Hall–Kier alpha value is -3.30. The first-order valence-corrected chi connectivity index (χ1v) is 15.1. The molecule has 2 fully saturated rings. The van der Waals surface area contributed by atoms with Crippen molar-refractivity contribution in [1.82, 2.24) is 20.1 Å². The summed E-state index contributed by atoms with van der Waals surface area (Å²) in [5.74, 6) is 0.0383. The number of hydrogen-bond donors (Lipinski definition) is 3. The number of nitrogens with zero attached hydrogens (tertiary/aromatic N) is 3. The van der Waals surface area contributed by atoms with E-state index in [0.29, 0.717) is 24.3 Å².